The second-order valence-electron chi connectivity index (χ2n) is 4.66. The lowest BCUT2D eigenvalue weighted by Gasteiger charge is -2.05. The largest absolute Gasteiger partial charge is 0.375 e. The fraction of sp³-hybridized carbons (Fsp3) is 0.333. The molecule has 1 N–H and O–H groups in total. The first-order chi connectivity index (χ1) is 9.66. The van der Waals surface area contributed by atoms with E-state index in [4.69, 9.17) is 9.26 Å². The van der Waals surface area contributed by atoms with Gasteiger partial charge in [-0.05, 0) is 19.1 Å². The summed E-state index contributed by atoms with van der Waals surface area (Å²) in [6.07, 6.45) is 0.206. The van der Waals surface area contributed by atoms with E-state index in [9.17, 15) is 4.79 Å². The second kappa shape index (κ2) is 6.86. The molecule has 20 heavy (non-hydrogen) atoms. The van der Waals surface area contributed by atoms with Crippen LogP contribution in [0.2, 0.25) is 0 Å². The smallest absolute Gasteiger partial charge is 0.226 e. The van der Waals surface area contributed by atoms with E-state index in [2.05, 4.69) is 17.1 Å². The first-order valence-corrected chi connectivity index (χ1v) is 6.49. The molecule has 0 bridgehead atoms. The summed E-state index contributed by atoms with van der Waals surface area (Å²) in [5.41, 5.74) is 2.31. The van der Waals surface area contributed by atoms with Crippen molar-refractivity contribution in [1.29, 1.82) is 0 Å². The van der Waals surface area contributed by atoms with Gasteiger partial charge in [0.1, 0.15) is 5.69 Å². The highest BCUT2D eigenvalue weighted by molar-refractivity contribution is 5.86. The van der Waals surface area contributed by atoms with E-state index >= 15 is 0 Å². The number of ether oxygens (including phenoxy) is 1. The molecule has 0 spiro atoms. The number of hydrogen-bond donors (Lipinski definition) is 1. The fourth-order valence-corrected chi connectivity index (χ4v) is 1.79. The Labute approximate surface area is 117 Å². The molecule has 0 saturated heterocycles. The zero-order valence-electron chi connectivity index (χ0n) is 11.5. The van der Waals surface area contributed by atoms with Gasteiger partial charge in [0, 0.05) is 11.9 Å². The number of carbonyl (C=O) groups is 1. The Bertz CT molecular complexity index is 604. The van der Waals surface area contributed by atoms with Crippen molar-refractivity contribution < 1.29 is 14.1 Å². The van der Waals surface area contributed by atoms with Crippen LogP contribution >= 0.6 is 0 Å². The lowest BCUT2D eigenvalue weighted by atomic mass is 10.2. The normalized spacial score (nSPS) is 10.7. The number of benzene rings is 1. The molecule has 0 atom stereocenters. The average molecular weight is 274 g/mol. The van der Waals surface area contributed by atoms with Crippen molar-refractivity contribution in [3.63, 3.8) is 0 Å². The van der Waals surface area contributed by atoms with E-state index in [1.165, 1.54) is 0 Å². The molecular weight excluding hydrogens is 256 g/mol. The quantitative estimate of drug-likeness (QED) is 0.620. The standard InChI is InChI=1S/C15H18N2O3/c1-11(2)10-19-8-7-16-15(18)9-13-12-5-3-4-6-14(12)20-17-13/h3-6H,1,7-10H2,2H3,(H,16,18). The second-order valence-corrected chi connectivity index (χ2v) is 4.66. The average Bonchev–Trinajstić information content (AvgIpc) is 2.81. The van der Waals surface area contributed by atoms with Gasteiger partial charge in [-0.2, -0.15) is 0 Å². The number of amides is 1. The predicted octanol–water partition coefficient (Wildman–Crippen LogP) is 2.08. The highest BCUT2D eigenvalue weighted by Crippen LogP contribution is 2.17. The number of fused-ring (bicyclic) bond motifs is 1. The molecule has 0 saturated carbocycles. The van der Waals surface area contributed by atoms with Crippen molar-refractivity contribution >= 4 is 16.9 Å². The minimum Gasteiger partial charge on any atom is -0.375 e. The summed E-state index contributed by atoms with van der Waals surface area (Å²) in [5.74, 6) is -0.0945. The number of hydrogen-bond acceptors (Lipinski definition) is 4. The molecule has 5 nitrogen and oxygen atoms in total. The third-order valence-electron chi connectivity index (χ3n) is 2.70. The van der Waals surface area contributed by atoms with Gasteiger partial charge < -0.3 is 14.6 Å². The van der Waals surface area contributed by atoms with E-state index in [0.717, 1.165) is 11.0 Å². The molecule has 1 heterocycles. The van der Waals surface area contributed by atoms with Crippen molar-refractivity contribution in [1.82, 2.24) is 10.5 Å². The van der Waals surface area contributed by atoms with E-state index in [0.29, 0.717) is 31.0 Å². The zero-order chi connectivity index (χ0) is 14.4. The van der Waals surface area contributed by atoms with Gasteiger partial charge in [-0.15, -0.1) is 0 Å². The molecule has 0 aliphatic rings. The Morgan fingerprint density at radius 2 is 2.25 bits per heavy atom. The maximum absolute atomic E-state index is 11.8. The summed E-state index contributed by atoms with van der Waals surface area (Å²) >= 11 is 0. The van der Waals surface area contributed by atoms with E-state index in [-0.39, 0.29) is 12.3 Å². The lowest BCUT2D eigenvalue weighted by molar-refractivity contribution is -0.120. The maximum Gasteiger partial charge on any atom is 0.226 e. The Kier molecular flexibility index (Phi) is 4.90. The van der Waals surface area contributed by atoms with Crippen LogP contribution in [-0.4, -0.2) is 30.8 Å². The Morgan fingerprint density at radius 3 is 3.05 bits per heavy atom. The minimum absolute atomic E-state index is 0.0945. The Balaban J connectivity index is 1.78. The molecule has 5 heteroatoms. The van der Waals surface area contributed by atoms with E-state index in [1.807, 2.05) is 31.2 Å². The topological polar surface area (TPSA) is 64.4 Å². The van der Waals surface area contributed by atoms with Crippen LogP contribution in [-0.2, 0) is 16.0 Å². The van der Waals surface area contributed by atoms with Gasteiger partial charge in [0.25, 0.3) is 0 Å². The molecule has 0 radical (unpaired) electrons. The summed E-state index contributed by atoms with van der Waals surface area (Å²) in [5, 5.41) is 7.58. The van der Waals surface area contributed by atoms with Gasteiger partial charge in [-0.25, -0.2) is 0 Å². The summed E-state index contributed by atoms with van der Waals surface area (Å²) in [6.45, 7) is 7.09. The predicted molar refractivity (Wildman–Crippen MR) is 76.4 cm³/mol. The van der Waals surface area contributed by atoms with Gasteiger partial charge in [-0.1, -0.05) is 29.4 Å². The number of nitrogens with zero attached hydrogens (tertiary/aromatic N) is 1. The number of nitrogens with one attached hydrogen (secondary N) is 1. The van der Waals surface area contributed by atoms with Gasteiger partial charge in [0.2, 0.25) is 5.91 Å². The number of para-hydroxylation sites is 1. The van der Waals surface area contributed by atoms with E-state index < -0.39 is 0 Å². The number of carbonyl (C=O) groups excluding carboxylic acids is 1. The Morgan fingerprint density at radius 1 is 1.45 bits per heavy atom. The van der Waals surface area contributed by atoms with Crippen molar-refractivity contribution in [2.75, 3.05) is 19.8 Å². The van der Waals surface area contributed by atoms with Crippen molar-refractivity contribution in [3.8, 4) is 0 Å². The van der Waals surface area contributed by atoms with Crippen LogP contribution in [0.3, 0.4) is 0 Å². The van der Waals surface area contributed by atoms with Crippen LogP contribution < -0.4 is 5.32 Å². The molecule has 0 aliphatic carbocycles. The maximum atomic E-state index is 11.8. The summed E-state index contributed by atoms with van der Waals surface area (Å²) < 4.78 is 10.5. The first-order valence-electron chi connectivity index (χ1n) is 6.49. The zero-order valence-corrected chi connectivity index (χ0v) is 11.5. The molecule has 1 aromatic heterocycles. The molecule has 0 fully saturated rings. The molecule has 2 rings (SSSR count). The lowest BCUT2D eigenvalue weighted by Crippen LogP contribution is -2.28. The van der Waals surface area contributed by atoms with Gasteiger partial charge in [0.05, 0.1) is 19.6 Å². The molecular formula is C15H18N2O3. The molecule has 2 aromatic rings. The highest BCUT2D eigenvalue weighted by atomic mass is 16.5. The molecule has 0 aliphatic heterocycles. The van der Waals surface area contributed by atoms with Crippen LogP contribution in [0.25, 0.3) is 11.0 Å². The molecule has 0 unspecified atom stereocenters. The van der Waals surface area contributed by atoms with Crippen molar-refractivity contribution in [3.05, 3.63) is 42.1 Å². The summed E-state index contributed by atoms with van der Waals surface area (Å²) in [6, 6.07) is 7.49. The van der Waals surface area contributed by atoms with Gasteiger partial charge in [-0.3, -0.25) is 4.79 Å². The van der Waals surface area contributed by atoms with Crippen LogP contribution in [0.15, 0.2) is 40.9 Å². The van der Waals surface area contributed by atoms with Crippen LogP contribution in [0.1, 0.15) is 12.6 Å². The third kappa shape index (κ3) is 3.93. The number of aromatic nitrogens is 1. The first kappa shape index (κ1) is 14.3. The van der Waals surface area contributed by atoms with Crippen LogP contribution in [0, 0.1) is 0 Å². The van der Waals surface area contributed by atoms with E-state index in [1.54, 1.807) is 0 Å². The molecule has 106 valence electrons. The summed E-state index contributed by atoms with van der Waals surface area (Å²) in [4.78, 5) is 11.8. The fourth-order valence-electron chi connectivity index (χ4n) is 1.79. The minimum atomic E-state index is -0.0945. The Hall–Kier alpha value is -2.14. The SMILES string of the molecule is C=C(C)COCCNC(=O)Cc1noc2ccccc12. The molecule has 1 aromatic carbocycles. The van der Waals surface area contributed by atoms with Crippen LogP contribution in [0.5, 0.6) is 0 Å². The third-order valence-corrected chi connectivity index (χ3v) is 2.70. The van der Waals surface area contributed by atoms with Gasteiger partial charge in [0.15, 0.2) is 5.58 Å². The van der Waals surface area contributed by atoms with Gasteiger partial charge >= 0.3 is 0 Å². The van der Waals surface area contributed by atoms with Crippen LogP contribution in [0.4, 0.5) is 0 Å². The highest BCUT2D eigenvalue weighted by Gasteiger charge is 2.11. The summed E-state index contributed by atoms with van der Waals surface area (Å²) in [7, 11) is 0. The number of rotatable bonds is 7. The van der Waals surface area contributed by atoms with Crippen molar-refractivity contribution in [2.45, 2.75) is 13.3 Å². The monoisotopic (exact) mass is 274 g/mol. The van der Waals surface area contributed by atoms with Crippen molar-refractivity contribution in [2.24, 2.45) is 0 Å². The molecule has 1 amide bonds.